The van der Waals surface area contributed by atoms with Gasteiger partial charge in [0.25, 0.3) is 0 Å². The molecule has 2 aromatic rings. The number of aliphatic imine (C=N–C) groups is 1. The van der Waals surface area contributed by atoms with E-state index in [9.17, 15) is 0 Å². The van der Waals surface area contributed by atoms with E-state index in [0.29, 0.717) is 5.92 Å². The predicted molar refractivity (Wildman–Crippen MR) is 114 cm³/mol. The lowest BCUT2D eigenvalue weighted by Gasteiger charge is -2.33. The third-order valence-electron chi connectivity index (χ3n) is 4.96. The first-order valence-electron chi connectivity index (χ1n) is 9.43. The molecule has 0 aliphatic carbocycles. The average Bonchev–Trinajstić information content (AvgIpc) is 3.35. The third kappa shape index (κ3) is 5.83. The summed E-state index contributed by atoms with van der Waals surface area (Å²) >= 11 is 3.70. The van der Waals surface area contributed by atoms with Gasteiger partial charge in [-0.2, -0.15) is 0 Å². The molecule has 3 rings (SSSR count). The molecule has 0 aromatic carbocycles. The highest BCUT2D eigenvalue weighted by molar-refractivity contribution is 7.10. The molecular formula is C20H30N4S2. The number of hydrogen-bond acceptors (Lipinski definition) is 4. The molecule has 1 aliphatic rings. The van der Waals surface area contributed by atoms with Gasteiger partial charge in [-0.15, -0.1) is 22.7 Å². The first-order valence-corrected chi connectivity index (χ1v) is 11.2. The van der Waals surface area contributed by atoms with E-state index < -0.39 is 0 Å². The average molecular weight is 391 g/mol. The predicted octanol–water partition coefficient (Wildman–Crippen LogP) is 3.77. The van der Waals surface area contributed by atoms with Crippen LogP contribution in [0, 0.1) is 5.92 Å². The molecule has 1 atom stereocenters. The smallest absolute Gasteiger partial charge is 0.193 e. The summed E-state index contributed by atoms with van der Waals surface area (Å²) in [6.45, 7) is 5.51. The number of piperidine rings is 1. The van der Waals surface area contributed by atoms with E-state index in [2.05, 4.69) is 62.2 Å². The van der Waals surface area contributed by atoms with Crippen LogP contribution in [0.3, 0.4) is 0 Å². The number of guanidine groups is 1. The standard InChI is InChI=1S/C20H30N4S2/c1-21-20(23(2)11-9-18-7-4-12-25-18)22-14-17-6-3-10-24(15-17)16-19-8-5-13-26-19/h4-5,7-8,12-13,17H,3,6,9-11,14-16H2,1-2H3,(H,21,22). The van der Waals surface area contributed by atoms with Gasteiger partial charge in [0, 0.05) is 50.0 Å². The summed E-state index contributed by atoms with van der Waals surface area (Å²) in [5.41, 5.74) is 0. The summed E-state index contributed by atoms with van der Waals surface area (Å²) in [5, 5.41) is 7.92. The van der Waals surface area contributed by atoms with Crippen LogP contribution >= 0.6 is 22.7 Å². The lowest BCUT2D eigenvalue weighted by molar-refractivity contribution is 0.169. The topological polar surface area (TPSA) is 30.9 Å². The zero-order chi connectivity index (χ0) is 18.2. The first-order chi connectivity index (χ1) is 12.7. The second-order valence-electron chi connectivity index (χ2n) is 7.00. The van der Waals surface area contributed by atoms with Crippen LogP contribution in [0.25, 0.3) is 0 Å². The van der Waals surface area contributed by atoms with Crippen LogP contribution < -0.4 is 5.32 Å². The fourth-order valence-electron chi connectivity index (χ4n) is 3.54. The van der Waals surface area contributed by atoms with Gasteiger partial charge in [-0.1, -0.05) is 12.1 Å². The highest BCUT2D eigenvalue weighted by Gasteiger charge is 2.20. The van der Waals surface area contributed by atoms with Crippen molar-refractivity contribution in [3.63, 3.8) is 0 Å². The van der Waals surface area contributed by atoms with Crippen molar-refractivity contribution in [2.24, 2.45) is 10.9 Å². The number of rotatable bonds is 7. The van der Waals surface area contributed by atoms with Crippen molar-refractivity contribution in [2.75, 3.05) is 40.3 Å². The van der Waals surface area contributed by atoms with Crippen molar-refractivity contribution < 1.29 is 0 Å². The van der Waals surface area contributed by atoms with Crippen LogP contribution in [-0.2, 0) is 13.0 Å². The Labute approximate surface area is 165 Å². The molecule has 4 nitrogen and oxygen atoms in total. The first kappa shape index (κ1) is 19.4. The van der Waals surface area contributed by atoms with Crippen LogP contribution in [0.4, 0.5) is 0 Å². The van der Waals surface area contributed by atoms with Crippen molar-refractivity contribution in [3.8, 4) is 0 Å². The summed E-state index contributed by atoms with van der Waals surface area (Å²) in [5.74, 6) is 1.71. The van der Waals surface area contributed by atoms with Crippen LogP contribution in [0.5, 0.6) is 0 Å². The normalized spacial score (nSPS) is 18.8. The molecule has 0 bridgehead atoms. The molecule has 1 aliphatic heterocycles. The molecule has 0 amide bonds. The number of nitrogens with one attached hydrogen (secondary N) is 1. The molecule has 2 aromatic heterocycles. The largest absolute Gasteiger partial charge is 0.356 e. The van der Waals surface area contributed by atoms with Gasteiger partial charge in [-0.3, -0.25) is 9.89 Å². The maximum absolute atomic E-state index is 4.48. The molecule has 3 heterocycles. The molecule has 0 saturated carbocycles. The maximum atomic E-state index is 4.48. The van der Waals surface area contributed by atoms with E-state index in [1.807, 2.05) is 29.7 Å². The molecule has 6 heteroatoms. The van der Waals surface area contributed by atoms with Gasteiger partial charge in [0.15, 0.2) is 5.96 Å². The molecule has 0 radical (unpaired) electrons. The van der Waals surface area contributed by atoms with Gasteiger partial charge >= 0.3 is 0 Å². The number of likely N-dealkylation sites (N-methyl/N-ethyl adjacent to an activating group) is 1. The zero-order valence-electron chi connectivity index (χ0n) is 15.9. The van der Waals surface area contributed by atoms with Crippen LogP contribution in [0.2, 0.25) is 0 Å². The summed E-state index contributed by atoms with van der Waals surface area (Å²) in [7, 11) is 4.01. The maximum Gasteiger partial charge on any atom is 0.193 e. The second-order valence-corrected chi connectivity index (χ2v) is 9.07. The van der Waals surface area contributed by atoms with Gasteiger partial charge < -0.3 is 10.2 Å². The van der Waals surface area contributed by atoms with Crippen molar-refractivity contribution >= 4 is 28.6 Å². The van der Waals surface area contributed by atoms with E-state index in [0.717, 1.165) is 32.0 Å². The van der Waals surface area contributed by atoms with Crippen molar-refractivity contribution in [1.29, 1.82) is 0 Å². The molecule has 1 fully saturated rings. The highest BCUT2D eigenvalue weighted by Crippen LogP contribution is 2.20. The Morgan fingerprint density at radius 1 is 1.27 bits per heavy atom. The van der Waals surface area contributed by atoms with Crippen LogP contribution in [-0.4, -0.2) is 56.0 Å². The van der Waals surface area contributed by atoms with Crippen LogP contribution in [0.15, 0.2) is 40.0 Å². The molecular weight excluding hydrogens is 360 g/mol. The molecule has 1 N–H and O–H groups in total. The minimum absolute atomic E-state index is 0.700. The minimum atomic E-state index is 0.700. The Bertz CT molecular complexity index is 651. The lowest BCUT2D eigenvalue weighted by atomic mass is 9.98. The van der Waals surface area contributed by atoms with E-state index in [4.69, 9.17) is 0 Å². The van der Waals surface area contributed by atoms with Crippen molar-refractivity contribution in [2.45, 2.75) is 25.8 Å². The van der Waals surface area contributed by atoms with Gasteiger partial charge in [0.2, 0.25) is 0 Å². The van der Waals surface area contributed by atoms with Crippen LogP contribution in [0.1, 0.15) is 22.6 Å². The summed E-state index contributed by atoms with van der Waals surface area (Å²) < 4.78 is 0. The summed E-state index contributed by atoms with van der Waals surface area (Å²) in [4.78, 5) is 12.2. The lowest BCUT2D eigenvalue weighted by Crippen LogP contribution is -2.45. The fourth-order valence-corrected chi connectivity index (χ4v) is 4.99. The van der Waals surface area contributed by atoms with Gasteiger partial charge in [-0.25, -0.2) is 0 Å². The number of hydrogen-bond donors (Lipinski definition) is 1. The SMILES string of the molecule is CN=C(NCC1CCCN(Cc2cccs2)C1)N(C)CCc1cccs1. The fraction of sp³-hybridized carbons (Fsp3) is 0.550. The molecule has 26 heavy (non-hydrogen) atoms. The van der Waals surface area contributed by atoms with E-state index in [1.165, 1.54) is 35.7 Å². The Morgan fingerprint density at radius 2 is 2.04 bits per heavy atom. The molecule has 0 spiro atoms. The number of thiophene rings is 2. The molecule has 1 unspecified atom stereocenters. The molecule has 142 valence electrons. The molecule has 1 saturated heterocycles. The Balaban J connectivity index is 1.42. The number of nitrogens with zero attached hydrogens (tertiary/aromatic N) is 3. The van der Waals surface area contributed by atoms with Crippen molar-refractivity contribution in [3.05, 3.63) is 44.8 Å². The monoisotopic (exact) mass is 390 g/mol. The number of likely N-dealkylation sites (tertiary alicyclic amines) is 1. The van der Waals surface area contributed by atoms with Gasteiger partial charge in [-0.05, 0) is 54.6 Å². The Morgan fingerprint density at radius 3 is 2.73 bits per heavy atom. The quantitative estimate of drug-likeness (QED) is 0.577. The van der Waals surface area contributed by atoms with Crippen molar-refractivity contribution in [1.82, 2.24) is 15.1 Å². The summed E-state index contributed by atoms with van der Waals surface area (Å²) in [6.07, 6.45) is 3.68. The van der Waals surface area contributed by atoms with Gasteiger partial charge in [0.05, 0.1) is 0 Å². The van der Waals surface area contributed by atoms with E-state index in [-0.39, 0.29) is 0 Å². The zero-order valence-corrected chi connectivity index (χ0v) is 17.5. The Hall–Kier alpha value is -1.37. The van der Waals surface area contributed by atoms with E-state index >= 15 is 0 Å². The minimum Gasteiger partial charge on any atom is -0.356 e. The second kappa shape index (κ2) is 10.1. The van der Waals surface area contributed by atoms with E-state index in [1.54, 1.807) is 0 Å². The highest BCUT2D eigenvalue weighted by atomic mass is 32.1. The Kier molecular flexibility index (Phi) is 7.53. The van der Waals surface area contributed by atoms with Gasteiger partial charge in [0.1, 0.15) is 0 Å². The third-order valence-corrected chi connectivity index (χ3v) is 6.76. The summed E-state index contributed by atoms with van der Waals surface area (Å²) in [6, 6.07) is 8.73.